The van der Waals surface area contributed by atoms with Crippen molar-refractivity contribution in [1.29, 1.82) is 0 Å². The quantitative estimate of drug-likeness (QED) is 0.878. The molecule has 0 saturated carbocycles. The van der Waals surface area contributed by atoms with Gasteiger partial charge in [0.2, 0.25) is 0 Å². The minimum absolute atomic E-state index is 0.225. The van der Waals surface area contributed by atoms with Gasteiger partial charge in [-0.1, -0.05) is 6.07 Å². The summed E-state index contributed by atoms with van der Waals surface area (Å²) in [6, 6.07) is 11.3. The van der Waals surface area contributed by atoms with E-state index in [4.69, 9.17) is 9.47 Å². The van der Waals surface area contributed by atoms with Gasteiger partial charge in [-0.3, -0.25) is 4.79 Å². The SMILES string of the molecule is COc1cccc(C(=O)Nc2ccc(N3CCN(C)CC3)c(C)c2)c1OC. The first kappa shape index (κ1) is 19.0. The zero-order chi connectivity index (χ0) is 19.4. The molecule has 144 valence electrons. The van der Waals surface area contributed by atoms with Gasteiger partial charge in [-0.15, -0.1) is 0 Å². The number of carbonyl (C=O) groups is 1. The Kier molecular flexibility index (Phi) is 5.86. The van der Waals surface area contributed by atoms with Gasteiger partial charge in [-0.2, -0.15) is 0 Å². The van der Waals surface area contributed by atoms with E-state index < -0.39 is 0 Å². The van der Waals surface area contributed by atoms with Gasteiger partial charge in [0.25, 0.3) is 5.91 Å². The van der Waals surface area contributed by atoms with E-state index in [1.807, 2.05) is 12.1 Å². The number of hydrogen-bond acceptors (Lipinski definition) is 5. The molecule has 1 saturated heterocycles. The number of benzene rings is 2. The number of nitrogens with one attached hydrogen (secondary N) is 1. The summed E-state index contributed by atoms with van der Waals surface area (Å²) in [6.45, 7) is 6.24. The minimum atomic E-state index is -0.225. The monoisotopic (exact) mass is 369 g/mol. The van der Waals surface area contributed by atoms with Gasteiger partial charge < -0.3 is 24.6 Å². The van der Waals surface area contributed by atoms with Crippen LogP contribution in [0.25, 0.3) is 0 Å². The second kappa shape index (κ2) is 8.31. The van der Waals surface area contributed by atoms with Gasteiger partial charge >= 0.3 is 0 Å². The Labute approximate surface area is 160 Å². The Morgan fingerprint density at radius 3 is 2.41 bits per heavy atom. The topological polar surface area (TPSA) is 54.0 Å². The number of ether oxygens (including phenoxy) is 2. The van der Waals surface area contributed by atoms with Crippen molar-refractivity contribution in [1.82, 2.24) is 4.90 Å². The summed E-state index contributed by atoms with van der Waals surface area (Å²) in [5.74, 6) is 0.743. The third-order valence-electron chi connectivity index (χ3n) is 4.95. The van der Waals surface area contributed by atoms with Gasteiger partial charge in [-0.05, 0) is 49.9 Å². The van der Waals surface area contributed by atoms with E-state index in [-0.39, 0.29) is 5.91 Å². The molecule has 2 aromatic rings. The number of rotatable bonds is 5. The number of nitrogens with zero attached hydrogens (tertiary/aromatic N) is 2. The summed E-state index contributed by atoms with van der Waals surface area (Å²) < 4.78 is 10.6. The minimum Gasteiger partial charge on any atom is -0.493 e. The Hall–Kier alpha value is -2.73. The lowest BCUT2D eigenvalue weighted by atomic mass is 10.1. The molecule has 1 N–H and O–H groups in total. The Morgan fingerprint density at radius 2 is 1.78 bits per heavy atom. The van der Waals surface area contributed by atoms with Crippen LogP contribution >= 0.6 is 0 Å². The summed E-state index contributed by atoms with van der Waals surface area (Å²) in [5.41, 5.74) is 3.58. The first-order valence-electron chi connectivity index (χ1n) is 9.10. The molecule has 27 heavy (non-hydrogen) atoms. The van der Waals surface area contributed by atoms with Crippen LogP contribution in [0.5, 0.6) is 11.5 Å². The average molecular weight is 369 g/mol. The molecule has 0 aromatic heterocycles. The molecule has 3 rings (SSSR count). The summed E-state index contributed by atoms with van der Waals surface area (Å²) in [5, 5.41) is 2.96. The number of methoxy groups -OCH3 is 2. The van der Waals surface area contributed by atoms with Gasteiger partial charge in [0.05, 0.1) is 19.8 Å². The maximum absolute atomic E-state index is 12.7. The van der Waals surface area contributed by atoms with Crippen molar-refractivity contribution < 1.29 is 14.3 Å². The third kappa shape index (κ3) is 4.17. The molecule has 0 aliphatic carbocycles. The predicted octanol–water partition coefficient (Wildman–Crippen LogP) is 3.02. The lowest BCUT2D eigenvalue weighted by molar-refractivity contribution is 0.102. The van der Waals surface area contributed by atoms with Crippen molar-refractivity contribution in [3.63, 3.8) is 0 Å². The number of piperazine rings is 1. The second-order valence-electron chi connectivity index (χ2n) is 6.79. The molecule has 0 bridgehead atoms. The lowest BCUT2D eigenvalue weighted by Crippen LogP contribution is -2.44. The van der Waals surface area contributed by atoms with Crippen molar-refractivity contribution in [3.05, 3.63) is 47.5 Å². The summed E-state index contributed by atoms with van der Waals surface area (Å²) in [4.78, 5) is 17.5. The van der Waals surface area contributed by atoms with E-state index in [2.05, 4.69) is 35.2 Å². The highest BCUT2D eigenvalue weighted by Crippen LogP contribution is 2.31. The molecular formula is C21H27N3O3. The van der Waals surface area contributed by atoms with E-state index in [1.54, 1.807) is 25.3 Å². The first-order valence-corrected chi connectivity index (χ1v) is 9.10. The fraction of sp³-hybridized carbons (Fsp3) is 0.381. The van der Waals surface area contributed by atoms with E-state index in [0.717, 1.165) is 37.4 Å². The van der Waals surface area contributed by atoms with E-state index >= 15 is 0 Å². The van der Waals surface area contributed by atoms with E-state index in [1.165, 1.54) is 12.8 Å². The number of anilines is 2. The van der Waals surface area contributed by atoms with Crippen LogP contribution in [0.15, 0.2) is 36.4 Å². The molecule has 0 spiro atoms. The number of carbonyl (C=O) groups excluding carboxylic acids is 1. The Bertz CT molecular complexity index is 814. The van der Waals surface area contributed by atoms with Gasteiger partial charge in [0, 0.05) is 37.6 Å². The fourth-order valence-electron chi connectivity index (χ4n) is 3.40. The summed E-state index contributed by atoms with van der Waals surface area (Å²) in [6.07, 6.45) is 0. The van der Waals surface area contributed by atoms with E-state index in [9.17, 15) is 4.79 Å². The summed E-state index contributed by atoms with van der Waals surface area (Å²) >= 11 is 0. The predicted molar refractivity (Wildman–Crippen MR) is 108 cm³/mol. The number of para-hydroxylation sites is 1. The maximum atomic E-state index is 12.7. The average Bonchev–Trinajstić information content (AvgIpc) is 2.68. The maximum Gasteiger partial charge on any atom is 0.259 e. The highest BCUT2D eigenvalue weighted by atomic mass is 16.5. The van der Waals surface area contributed by atoms with Crippen molar-refractivity contribution >= 4 is 17.3 Å². The van der Waals surface area contributed by atoms with Crippen molar-refractivity contribution in [2.75, 3.05) is 57.7 Å². The first-order chi connectivity index (χ1) is 13.0. The van der Waals surface area contributed by atoms with Crippen LogP contribution in [-0.2, 0) is 0 Å². The fourth-order valence-corrected chi connectivity index (χ4v) is 3.40. The Balaban J connectivity index is 1.77. The number of amides is 1. The van der Waals surface area contributed by atoms with Crippen LogP contribution in [0.4, 0.5) is 11.4 Å². The van der Waals surface area contributed by atoms with Crippen LogP contribution in [0, 0.1) is 6.92 Å². The third-order valence-corrected chi connectivity index (χ3v) is 4.95. The van der Waals surface area contributed by atoms with Gasteiger partial charge in [0.15, 0.2) is 11.5 Å². The smallest absolute Gasteiger partial charge is 0.259 e. The zero-order valence-corrected chi connectivity index (χ0v) is 16.4. The van der Waals surface area contributed by atoms with Crippen molar-refractivity contribution in [2.24, 2.45) is 0 Å². The largest absolute Gasteiger partial charge is 0.493 e. The molecule has 0 radical (unpaired) electrons. The molecule has 1 aliphatic heterocycles. The molecule has 6 heteroatoms. The molecule has 1 heterocycles. The zero-order valence-electron chi connectivity index (χ0n) is 16.4. The molecule has 1 fully saturated rings. The molecule has 0 unspecified atom stereocenters. The number of aryl methyl sites for hydroxylation is 1. The van der Waals surface area contributed by atoms with Crippen LogP contribution < -0.4 is 19.7 Å². The number of hydrogen-bond donors (Lipinski definition) is 1. The highest BCUT2D eigenvalue weighted by molar-refractivity contribution is 6.06. The van der Waals surface area contributed by atoms with Gasteiger partial charge in [-0.25, -0.2) is 0 Å². The standard InChI is InChI=1S/C21H27N3O3/c1-15-14-16(8-9-18(15)24-12-10-23(2)11-13-24)22-21(25)17-6-5-7-19(26-3)20(17)27-4/h5-9,14H,10-13H2,1-4H3,(H,22,25). The van der Waals surface area contributed by atoms with Crippen LogP contribution in [0.3, 0.4) is 0 Å². The van der Waals surface area contributed by atoms with Gasteiger partial charge in [0.1, 0.15) is 0 Å². The summed E-state index contributed by atoms with van der Waals surface area (Å²) in [7, 11) is 5.24. The van der Waals surface area contributed by atoms with Crippen LogP contribution in [0.2, 0.25) is 0 Å². The molecule has 0 atom stereocenters. The molecular weight excluding hydrogens is 342 g/mol. The lowest BCUT2D eigenvalue weighted by Gasteiger charge is -2.35. The van der Waals surface area contributed by atoms with Crippen LogP contribution in [-0.4, -0.2) is 58.3 Å². The molecule has 6 nitrogen and oxygen atoms in total. The molecule has 1 amide bonds. The Morgan fingerprint density at radius 1 is 1.04 bits per heavy atom. The number of likely N-dealkylation sites (N-methyl/N-ethyl adjacent to an activating group) is 1. The second-order valence-corrected chi connectivity index (χ2v) is 6.79. The normalized spacial score (nSPS) is 14.7. The van der Waals surface area contributed by atoms with Crippen LogP contribution in [0.1, 0.15) is 15.9 Å². The van der Waals surface area contributed by atoms with Crippen molar-refractivity contribution in [2.45, 2.75) is 6.92 Å². The molecule has 1 aliphatic rings. The van der Waals surface area contributed by atoms with Crippen molar-refractivity contribution in [3.8, 4) is 11.5 Å². The molecule has 2 aromatic carbocycles. The van der Waals surface area contributed by atoms with E-state index in [0.29, 0.717) is 17.1 Å². The highest BCUT2D eigenvalue weighted by Gasteiger charge is 2.18.